The van der Waals surface area contributed by atoms with Crippen molar-refractivity contribution in [3.63, 3.8) is 0 Å². The van der Waals surface area contributed by atoms with Crippen molar-refractivity contribution in [3.8, 4) is 5.75 Å². The van der Waals surface area contributed by atoms with Gasteiger partial charge in [0, 0.05) is 31.0 Å². The molecule has 3 rings (SSSR count). The van der Waals surface area contributed by atoms with Crippen molar-refractivity contribution in [1.29, 1.82) is 0 Å². The van der Waals surface area contributed by atoms with Gasteiger partial charge < -0.3 is 19.9 Å². The zero-order valence-electron chi connectivity index (χ0n) is 15.6. The first-order valence-corrected chi connectivity index (χ1v) is 8.86. The van der Waals surface area contributed by atoms with E-state index < -0.39 is 0 Å². The van der Waals surface area contributed by atoms with Gasteiger partial charge in [0.05, 0.1) is 20.0 Å². The molecule has 7 heteroatoms. The van der Waals surface area contributed by atoms with Crippen LogP contribution in [0.5, 0.6) is 5.75 Å². The van der Waals surface area contributed by atoms with Crippen LogP contribution >= 0.6 is 0 Å². The predicted molar refractivity (Wildman–Crippen MR) is 105 cm³/mol. The minimum absolute atomic E-state index is 0.0798. The second kappa shape index (κ2) is 9.36. The lowest BCUT2D eigenvalue weighted by Crippen LogP contribution is -2.36. The second-order valence-electron chi connectivity index (χ2n) is 6.24. The molecule has 2 amide bonds. The van der Waals surface area contributed by atoms with Gasteiger partial charge in [0.2, 0.25) is 5.91 Å². The van der Waals surface area contributed by atoms with E-state index in [1.807, 2.05) is 35.0 Å². The summed E-state index contributed by atoms with van der Waals surface area (Å²) in [6, 6.07) is 14.7. The smallest absolute Gasteiger partial charge is 0.251 e. The highest BCUT2D eigenvalue weighted by atomic mass is 16.5. The van der Waals surface area contributed by atoms with Crippen LogP contribution in [0.2, 0.25) is 0 Å². The lowest BCUT2D eigenvalue weighted by molar-refractivity contribution is -0.120. The van der Waals surface area contributed by atoms with E-state index in [0.717, 1.165) is 17.7 Å². The lowest BCUT2D eigenvalue weighted by Gasteiger charge is -2.08. The van der Waals surface area contributed by atoms with Gasteiger partial charge in [-0.3, -0.25) is 9.59 Å². The number of hydrogen-bond donors (Lipinski definition) is 2. The Balaban J connectivity index is 1.41. The minimum Gasteiger partial charge on any atom is -0.497 e. The van der Waals surface area contributed by atoms with Crippen LogP contribution in [0, 0.1) is 0 Å². The van der Waals surface area contributed by atoms with E-state index >= 15 is 0 Å². The Morgan fingerprint density at radius 3 is 2.36 bits per heavy atom. The molecule has 0 aliphatic rings. The third-order valence-corrected chi connectivity index (χ3v) is 4.20. The second-order valence-corrected chi connectivity index (χ2v) is 6.24. The maximum absolute atomic E-state index is 12.1. The number of carbonyl (C=O) groups is 2. The molecule has 3 aromatic rings. The van der Waals surface area contributed by atoms with Crippen molar-refractivity contribution >= 4 is 11.8 Å². The van der Waals surface area contributed by atoms with Gasteiger partial charge in [-0.25, -0.2) is 4.98 Å². The van der Waals surface area contributed by atoms with Gasteiger partial charge in [0.25, 0.3) is 5.91 Å². The summed E-state index contributed by atoms with van der Waals surface area (Å²) in [5.74, 6) is 0.122. The number of ether oxygens (including phenoxy) is 1. The van der Waals surface area contributed by atoms with E-state index in [0.29, 0.717) is 17.9 Å². The van der Waals surface area contributed by atoms with E-state index in [9.17, 15) is 9.59 Å². The standard InChI is InChI=1S/C21H22N4O3/c1-28-19-8-6-18(7-9-19)21(27)24-13-20(26)23-12-16-2-4-17(5-3-16)14-25-11-10-22-15-25/h2-11,15H,12-14H2,1H3,(H,23,26)(H,24,27). The first-order valence-electron chi connectivity index (χ1n) is 8.86. The average Bonchev–Trinajstić information content (AvgIpc) is 3.24. The Morgan fingerprint density at radius 2 is 1.71 bits per heavy atom. The van der Waals surface area contributed by atoms with Crippen molar-refractivity contribution in [1.82, 2.24) is 20.2 Å². The number of carbonyl (C=O) groups excluding carboxylic acids is 2. The summed E-state index contributed by atoms with van der Waals surface area (Å²) in [6.45, 7) is 1.08. The molecular formula is C21H22N4O3. The molecule has 144 valence electrons. The number of nitrogens with zero attached hydrogens (tertiary/aromatic N) is 2. The highest BCUT2D eigenvalue weighted by Gasteiger charge is 2.08. The Hall–Kier alpha value is -3.61. The summed E-state index contributed by atoms with van der Waals surface area (Å²) in [5, 5.41) is 5.41. The topological polar surface area (TPSA) is 85.2 Å². The van der Waals surface area contributed by atoms with Gasteiger partial charge in [-0.15, -0.1) is 0 Å². The molecule has 0 saturated carbocycles. The molecule has 0 saturated heterocycles. The first kappa shape index (κ1) is 19.2. The highest BCUT2D eigenvalue weighted by Crippen LogP contribution is 2.11. The SMILES string of the molecule is COc1ccc(C(=O)NCC(=O)NCc2ccc(Cn3ccnc3)cc2)cc1. The summed E-state index contributed by atoms with van der Waals surface area (Å²) in [5.41, 5.74) is 2.62. The van der Waals surface area contributed by atoms with E-state index in [4.69, 9.17) is 4.74 Å². The van der Waals surface area contributed by atoms with Gasteiger partial charge in [-0.05, 0) is 35.4 Å². The van der Waals surface area contributed by atoms with Gasteiger partial charge >= 0.3 is 0 Å². The molecule has 1 heterocycles. The van der Waals surface area contributed by atoms with E-state index in [2.05, 4.69) is 15.6 Å². The van der Waals surface area contributed by atoms with Crippen LogP contribution in [0.4, 0.5) is 0 Å². The Morgan fingerprint density at radius 1 is 1.00 bits per heavy atom. The third kappa shape index (κ3) is 5.44. The normalized spacial score (nSPS) is 10.3. The maximum Gasteiger partial charge on any atom is 0.251 e. The monoisotopic (exact) mass is 378 g/mol. The molecular weight excluding hydrogens is 356 g/mol. The molecule has 0 radical (unpaired) electrons. The van der Waals surface area contributed by atoms with Crippen molar-refractivity contribution in [2.24, 2.45) is 0 Å². The number of hydrogen-bond acceptors (Lipinski definition) is 4. The van der Waals surface area contributed by atoms with Crippen molar-refractivity contribution in [2.45, 2.75) is 13.1 Å². The molecule has 7 nitrogen and oxygen atoms in total. The molecule has 1 aromatic heterocycles. The number of amides is 2. The van der Waals surface area contributed by atoms with Gasteiger partial charge in [0.1, 0.15) is 5.75 Å². The van der Waals surface area contributed by atoms with Crippen LogP contribution in [-0.4, -0.2) is 35.0 Å². The molecule has 2 aromatic carbocycles. The number of rotatable bonds is 8. The number of methoxy groups -OCH3 is 1. The van der Waals surface area contributed by atoms with Gasteiger partial charge in [-0.2, -0.15) is 0 Å². The summed E-state index contributed by atoms with van der Waals surface area (Å²) < 4.78 is 7.04. The number of imidazole rings is 1. The van der Waals surface area contributed by atoms with Gasteiger partial charge in [-0.1, -0.05) is 24.3 Å². The van der Waals surface area contributed by atoms with Crippen LogP contribution in [0.1, 0.15) is 21.5 Å². The fourth-order valence-corrected chi connectivity index (χ4v) is 2.62. The molecule has 0 bridgehead atoms. The Labute approximate surface area is 163 Å². The average molecular weight is 378 g/mol. The molecule has 0 fully saturated rings. The molecule has 2 N–H and O–H groups in total. The molecule has 0 aliphatic carbocycles. The number of nitrogens with one attached hydrogen (secondary N) is 2. The fourth-order valence-electron chi connectivity index (χ4n) is 2.62. The molecule has 0 aliphatic heterocycles. The first-order chi connectivity index (χ1) is 13.6. The van der Waals surface area contributed by atoms with Crippen LogP contribution in [0.3, 0.4) is 0 Å². The summed E-state index contributed by atoms with van der Waals surface area (Å²) >= 11 is 0. The zero-order chi connectivity index (χ0) is 19.8. The predicted octanol–water partition coefficient (Wildman–Crippen LogP) is 1.99. The lowest BCUT2D eigenvalue weighted by atomic mass is 10.1. The molecule has 0 unspecified atom stereocenters. The van der Waals surface area contributed by atoms with Crippen molar-refractivity contribution in [3.05, 3.63) is 83.9 Å². The van der Waals surface area contributed by atoms with E-state index in [-0.39, 0.29) is 18.4 Å². The fraction of sp³-hybridized carbons (Fsp3) is 0.190. The van der Waals surface area contributed by atoms with Crippen molar-refractivity contribution in [2.75, 3.05) is 13.7 Å². The highest BCUT2D eigenvalue weighted by molar-refractivity contribution is 5.96. The molecule has 0 atom stereocenters. The summed E-state index contributed by atoms with van der Waals surface area (Å²) in [4.78, 5) is 28.0. The van der Waals surface area contributed by atoms with Crippen LogP contribution in [0.25, 0.3) is 0 Å². The number of benzene rings is 2. The Kier molecular flexibility index (Phi) is 6.41. The number of aromatic nitrogens is 2. The van der Waals surface area contributed by atoms with Crippen LogP contribution in [-0.2, 0) is 17.9 Å². The summed E-state index contributed by atoms with van der Waals surface area (Å²) in [7, 11) is 1.56. The molecule has 0 spiro atoms. The van der Waals surface area contributed by atoms with E-state index in [1.165, 1.54) is 0 Å². The maximum atomic E-state index is 12.1. The largest absolute Gasteiger partial charge is 0.497 e. The van der Waals surface area contributed by atoms with Gasteiger partial charge in [0.15, 0.2) is 0 Å². The summed E-state index contributed by atoms with van der Waals surface area (Å²) in [6.07, 6.45) is 5.43. The van der Waals surface area contributed by atoms with Crippen LogP contribution in [0.15, 0.2) is 67.3 Å². The van der Waals surface area contributed by atoms with E-state index in [1.54, 1.807) is 43.9 Å². The molecule has 28 heavy (non-hydrogen) atoms. The van der Waals surface area contributed by atoms with Crippen molar-refractivity contribution < 1.29 is 14.3 Å². The Bertz CT molecular complexity index is 904. The quantitative estimate of drug-likeness (QED) is 0.628. The zero-order valence-corrected chi connectivity index (χ0v) is 15.6. The minimum atomic E-state index is -0.304. The van der Waals surface area contributed by atoms with Crippen LogP contribution < -0.4 is 15.4 Å². The third-order valence-electron chi connectivity index (χ3n) is 4.20.